The minimum atomic E-state index is -0.316. The van der Waals surface area contributed by atoms with Crippen LogP contribution in [0, 0.1) is 12.7 Å². The number of thiocarbonyl (C=S) groups is 1. The van der Waals surface area contributed by atoms with Gasteiger partial charge in [-0.05, 0) is 68.6 Å². The zero-order valence-electron chi connectivity index (χ0n) is 14.9. The van der Waals surface area contributed by atoms with E-state index in [1.54, 1.807) is 12.1 Å². The fraction of sp³-hybridized carbons (Fsp3) is 0.381. The molecule has 0 amide bonds. The molecule has 138 valence electrons. The van der Waals surface area contributed by atoms with E-state index in [0.29, 0.717) is 15.3 Å². The van der Waals surface area contributed by atoms with Gasteiger partial charge in [0.2, 0.25) is 0 Å². The average Bonchev–Trinajstić information content (AvgIpc) is 3.04. The number of aryl methyl sites for hydroxylation is 2. The monoisotopic (exact) mass is 434 g/mol. The molecule has 0 aromatic heterocycles. The lowest BCUT2D eigenvalue weighted by Gasteiger charge is -2.32. The summed E-state index contributed by atoms with van der Waals surface area (Å²) in [6, 6.07) is 13.6. The molecule has 1 aliphatic carbocycles. The zero-order valence-corrected chi connectivity index (χ0v) is 17.4. The van der Waals surface area contributed by atoms with Crippen molar-refractivity contribution < 1.29 is 4.39 Å². The van der Waals surface area contributed by atoms with Gasteiger partial charge in [0.05, 0.1) is 5.69 Å². The molecule has 0 heterocycles. The highest BCUT2D eigenvalue weighted by atomic mass is 79.9. The number of nitrogens with one attached hydrogen (secondary N) is 2. The van der Waals surface area contributed by atoms with Gasteiger partial charge in [0.15, 0.2) is 5.11 Å². The molecule has 3 rings (SSSR count). The molecule has 0 unspecified atom stereocenters. The number of anilines is 1. The summed E-state index contributed by atoms with van der Waals surface area (Å²) in [5.41, 5.74) is 3.05. The third-order valence-corrected chi connectivity index (χ3v) is 5.79. The molecule has 0 bridgehead atoms. The van der Waals surface area contributed by atoms with Crippen LogP contribution in [0.3, 0.4) is 0 Å². The SMILES string of the molecule is Cc1cccc(CCC2(NC(=S)Nc3ccc(Br)cc3F)CCCC2)c1. The lowest BCUT2D eigenvalue weighted by Crippen LogP contribution is -2.48. The van der Waals surface area contributed by atoms with Gasteiger partial charge in [0.1, 0.15) is 5.82 Å². The second-order valence-corrected chi connectivity index (χ2v) is 8.50. The van der Waals surface area contributed by atoms with Gasteiger partial charge in [0, 0.05) is 10.0 Å². The van der Waals surface area contributed by atoms with E-state index in [1.807, 2.05) is 0 Å². The first-order chi connectivity index (χ1) is 12.5. The van der Waals surface area contributed by atoms with Crippen LogP contribution >= 0.6 is 28.1 Å². The highest BCUT2D eigenvalue weighted by Crippen LogP contribution is 2.34. The van der Waals surface area contributed by atoms with Gasteiger partial charge in [-0.25, -0.2) is 4.39 Å². The fourth-order valence-corrected chi connectivity index (χ4v) is 4.39. The standard InChI is InChI=1S/C21H24BrFN2S/c1-15-5-4-6-16(13-15)9-12-21(10-2-3-11-21)25-20(26)24-19-8-7-17(22)14-18(19)23/h4-8,13-14H,2-3,9-12H2,1H3,(H2,24,25,26). The van der Waals surface area contributed by atoms with Crippen molar-refractivity contribution in [3.05, 3.63) is 63.9 Å². The van der Waals surface area contributed by atoms with Gasteiger partial charge >= 0.3 is 0 Å². The van der Waals surface area contributed by atoms with Crippen molar-refractivity contribution >= 4 is 38.9 Å². The summed E-state index contributed by atoms with van der Waals surface area (Å²) in [6.07, 6.45) is 6.66. The summed E-state index contributed by atoms with van der Waals surface area (Å²) in [5.74, 6) is -0.316. The normalized spacial score (nSPS) is 15.7. The first-order valence-electron chi connectivity index (χ1n) is 9.06. The molecule has 0 aliphatic heterocycles. The molecule has 0 saturated heterocycles. The molecule has 1 saturated carbocycles. The van der Waals surface area contributed by atoms with Gasteiger partial charge in [0.25, 0.3) is 0 Å². The van der Waals surface area contributed by atoms with Gasteiger partial charge in [-0.15, -0.1) is 0 Å². The average molecular weight is 435 g/mol. The van der Waals surface area contributed by atoms with Crippen LogP contribution in [0.1, 0.15) is 43.2 Å². The fourth-order valence-electron chi connectivity index (χ4n) is 3.73. The number of hydrogen-bond donors (Lipinski definition) is 2. The predicted octanol–water partition coefficient (Wildman–Crippen LogP) is 6.13. The Labute approximate surface area is 168 Å². The smallest absolute Gasteiger partial charge is 0.171 e. The van der Waals surface area contributed by atoms with Crippen LogP contribution in [0.15, 0.2) is 46.9 Å². The van der Waals surface area contributed by atoms with Crippen molar-refractivity contribution in [2.45, 2.75) is 51.0 Å². The van der Waals surface area contributed by atoms with Crippen LogP contribution in [-0.2, 0) is 6.42 Å². The van der Waals surface area contributed by atoms with Gasteiger partial charge < -0.3 is 10.6 Å². The summed E-state index contributed by atoms with van der Waals surface area (Å²) in [5, 5.41) is 7.03. The van der Waals surface area contributed by atoms with E-state index in [2.05, 4.69) is 57.8 Å². The number of halogens is 2. The molecule has 0 radical (unpaired) electrons. The van der Waals surface area contributed by atoms with Gasteiger partial charge in [-0.2, -0.15) is 0 Å². The molecule has 1 fully saturated rings. The van der Waals surface area contributed by atoms with Gasteiger partial charge in [-0.3, -0.25) is 0 Å². The molecule has 5 heteroatoms. The topological polar surface area (TPSA) is 24.1 Å². The molecule has 0 atom stereocenters. The molecule has 26 heavy (non-hydrogen) atoms. The van der Waals surface area contributed by atoms with Crippen LogP contribution in [0.25, 0.3) is 0 Å². The van der Waals surface area contributed by atoms with Crippen molar-refractivity contribution in [3.8, 4) is 0 Å². The van der Waals surface area contributed by atoms with Crippen molar-refractivity contribution in [1.82, 2.24) is 5.32 Å². The lowest BCUT2D eigenvalue weighted by atomic mass is 9.89. The lowest BCUT2D eigenvalue weighted by molar-refractivity contribution is 0.362. The first kappa shape index (κ1) is 19.3. The molecule has 2 aromatic carbocycles. The van der Waals surface area contributed by atoms with E-state index in [4.69, 9.17) is 12.2 Å². The summed E-state index contributed by atoms with van der Waals surface area (Å²) in [7, 11) is 0. The second kappa shape index (κ2) is 8.49. The molecule has 2 aromatic rings. The largest absolute Gasteiger partial charge is 0.357 e. The Morgan fingerprint density at radius 3 is 2.65 bits per heavy atom. The van der Waals surface area contributed by atoms with Crippen LogP contribution < -0.4 is 10.6 Å². The third kappa shape index (κ3) is 5.04. The number of benzene rings is 2. The van der Waals surface area contributed by atoms with Crippen LogP contribution in [0.5, 0.6) is 0 Å². The van der Waals surface area contributed by atoms with Crippen molar-refractivity contribution in [2.75, 3.05) is 5.32 Å². The Morgan fingerprint density at radius 1 is 1.19 bits per heavy atom. The Bertz CT molecular complexity index is 787. The minimum absolute atomic E-state index is 0.000328. The summed E-state index contributed by atoms with van der Waals surface area (Å²) in [4.78, 5) is 0. The van der Waals surface area contributed by atoms with Crippen LogP contribution in [-0.4, -0.2) is 10.7 Å². The number of hydrogen-bond acceptors (Lipinski definition) is 1. The first-order valence-corrected chi connectivity index (χ1v) is 10.3. The van der Waals surface area contributed by atoms with E-state index in [1.165, 1.54) is 30.0 Å². The van der Waals surface area contributed by atoms with Crippen molar-refractivity contribution in [2.24, 2.45) is 0 Å². The molecular formula is C21H24BrFN2S. The quantitative estimate of drug-likeness (QED) is 0.553. The maximum Gasteiger partial charge on any atom is 0.171 e. The van der Waals surface area contributed by atoms with E-state index in [-0.39, 0.29) is 11.4 Å². The summed E-state index contributed by atoms with van der Waals surface area (Å²) < 4.78 is 14.8. The van der Waals surface area contributed by atoms with E-state index in [0.717, 1.165) is 25.7 Å². The third-order valence-electron chi connectivity index (χ3n) is 5.09. The maximum absolute atomic E-state index is 14.0. The zero-order chi connectivity index (χ0) is 18.6. The Balaban J connectivity index is 1.64. The molecule has 0 spiro atoms. The van der Waals surface area contributed by atoms with Crippen molar-refractivity contribution in [1.29, 1.82) is 0 Å². The van der Waals surface area contributed by atoms with Crippen LogP contribution in [0.4, 0.5) is 10.1 Å². The molecule has 1 aliphatic rings. The van der Waals surface area contributed by atoms with E-state index in [9.17, 15) is 4.39 Å². The minimum Gasteiger partial charge on any atom is -0.357 e. The van der Waals surface area contributed by atoms with Crippen LogP contribution in [0.2, 0.25) is 0 Å². The molecule has 2 N–H and O–H groups in total. The summed E-state index contributed by atoms with van der Waals surface area (Å²) >= 11 is 8.76. The molecular weight excluding hydrogens is 411 g/mol. The highest BCUT2D eigenvalue weighted by molar-refractivity contribution is 9.10. The van der Waals surface area contributed by atoms with E-state index < -0.39 is 0 Å². The van der Waals surface area contributed by atoms with E-state index >= 15 is 0 Å². The Hall–Kier alpha value is -1.46. The summed E-state index contributed by atoms with van der Waals surface area (Å²) in [6.45, 7) is 2.12. The Morgan fingerprint density at radius 2 is 1.96 bits per heavy atom. The Kier molecular flexibility index (Phi) is 6.30. The predicted molar refractivity (Wildman–Crippen MR) is 114 cm³/mol. The van der Waals surface area contributed by atoms with Gasteiger partial charge in [-0.1, -0.05) is 58.6 Å². The van der Waals surface area contributed by atoms with Crippen molar-refractivity contribution in [3.63, 3.8) is 0 Å². The molecule has 2 nitrogen and oxygen atoms in total. The maximum atomic E-state index is 14.0. The number of rotatable bonds is 5. The second-order valence-electron chi connectivity index (χ2n) is 7.18. The highest BCUT2D eigenvalue weighted by Gasteiger charge is 2.34.